The van der Waals surface area contributed by atoms with Gasteiger partial charge in [0.2, 0.25) is 0 Å². The third-order valence-corrected chi connectivity index (χ3v) is 2.44. The molecule has 4 heteroatoms. The molecule has 0 saturated carbocycles. The van der Waals surface area contributed by atoms with Crippen molar-refractivity contribution in [3.05, 3.63) is 33.4 Å². The van der Waals surface area contributed by atoms with E-state index in [1.165, 1.54) is 0 Å². The molecule has 0 spiro atoms. The Morgan fingerprint density at radius 3 is 2.73 bits per heavy atom. The van der Waals surface area contributed by atoms with Gasteiger partial charge in [-0.1, -0.05) is 6.07 Å². The highest BCUT2D eigenvalue weighted by Gasteiger charge is 2.14. The predicted octanol–water partition coefficient (Wildman–Crippen LogP) is 1.79. The van der Waals surface area contributed by atoms with E-state index in [-0.39, 0.29) is 12.5 Å². The van der Waals surface area contributed by atoms with Crippen molar-refractivity contribution in [3.63, 3.8) is 0 Å². The lowest BCUT2D eigenvalue weighted by Gasteiger charge is -2.17. The number of aliphatic hydroxyl groups is 1. The molecule has 1 amide bonds. The van der Waals surface area contributed by atoms with Crippen LogP contribution in [0.5, 0.6) is 0 Å². The normalized spacial score (nSPS) is 11.2. The number of nitrogens with one attached hydrogen (secondary N) is 1. The smallest absolute Gasteiger partial charge is 0.251 e. The summed E-state index contributed by atoms with van der Waals surface area (Å²) in [4.78, 5) is 11.6. The molecule has 15 heavy (non-hydrogen) atoms. The zero-order chi connectivity index (χ0) is 11.5. The largest absolute Gasteiger partial charge is 0.389 e. The van der Waals surface area contributed by atoms with Crippen molar-refractivity contribution in [3.8, 4) is 0 Å². The van der Waals surface area contributed by atoms with Crippen molar-refractivity contribution in [2.75, 3.05) is 6.54 Å². The summed E-state index contributed by atoms with van der Waals surface area (Å²) in [5.41, 5.74) is -0.261. The molecule has 3 nitrogen and oxygen atoms in total. The molecule has 2 N–H and O–H groups in total. The molecule has 0 heterocycles. The lowest BCUT2D eigenvalue weighted by Crippen LogP contribution is -2.38. The second-order valence-electron chi connectivity index (χ2n) is 4.01. The van der Waals surface area contributed by atoms with Gasteiger partial charge in [-0.15, -0.1) is 0 Å². The van der Waals surface area contributed by atoms with Crippen molar-refractivity contribution in [1.82, 2.24) is 5.32 Å². The molecule has 0 aliphatic heterocycles. The first-order valence-corrected chi connectivity index (χ1v) is 5.72. The Kier molecular flexibility index (Phi) is 4.10. The minimum Gasteiger partial charge on any atom is -0.389 e. The monoisotopic (exact) mass is 319 g/mol. The standard InChI is InChI=1S/C11H14INO2/c1-11(2,15)7-13-10(14)8-4-3-5-9(12)6-8/h3-6,15H,7H2,1-2H3,(H,13,14). The van der Waals surface area contributed by atoms with E-state index in [9.17, 15) is 9.90 Å². The maximum Gasteiger partial charge on any atom is 0.251 e. The van der Waals surface area contributed by atoms with Crippen LogP contribution in [0.15, 0.2) is 24.3 Å². The highest BCUT2D eigenvalue weighted by Crippen LogP contribution is 2.08. The Hall–Kier alpha value is -0.620. The number of hydrogen-bond donors (Lipinski definition) is 2. The lowest BCUT2D eigenvalue weighted by molar-refractivity contribution is 0.0694. The van der Waals surface area contributed by atoms with Gasteiger partial charge < -0.3 is 10.4 Å². The van der Waals surface area contributed by atoms with Gasteiger partial charge in [-0.3, -0.25) is 4.79 Å². The zero-order valence-electron chi connectivity index (χ0n) is 8.75. The first-order chi connectivity index (χ1) is 6.88. The van der Waals surface area contributed by atoms with Crippen molar-refractivity contribution >= 4 is 28.5 Å². The molecule has 0 saturated heterocycles. The van der Waals surface area contributed by atoms with Crippen LogP contribution in [0.4, 0.5) is 0 Å². The number of benzene rings is 1. The number of halogens is 1. The third-order valence-electron chi connectivity index (χ3n) is 1.77. The van der Waals surface area contributed by atoms with Gasteiger partial charge in [-0.25, -0.2) is 0 Å². The maximum atomic E-state index is 11.6. The van der Waals surface area contributed by atoms with Crippen molar-refractivity contribution in [2.45, 2.75) is 19.4 Å². The van der Waals surface area contributed by atoms with Gasteiger partial charge in [0.15, 0.2) is 0 Å². The molecular formula is C11H14INO2. The van der Waals surface area contributed by atoms with E-state index in [4.69, 9.17) is 0 Å². The summed E-state index contributed by atoms with van der Waals surface area (Å²) in [6, 6.07) is 7.32. The molecule has 0 radical (unpaired) electrons. The minimum atomic E-state index is -0.877. The van der Waals surface area contributed by atoms with Crippen LogP contribution in [-0.4, -0.2) is 23.2 Å². The first kappa shape index (κ1) is 12.4. The van der Waals surface area contributed by atoms with E-state index in [2.05, 4.69) is 27.9 Å². The van der Waals surface area contributed by atoms with Crippen LogP contribution in [0.3, 0.4) is 0 Å². The van der Waals surface area contributed by atoms with Crippen molar-refractivity contribution < 1.29 is 9.90 Å². The predicted molar refractivity (Wildman–Crippen MR) is 67.8 cm³/mol. The van der Waals surface area contributed by atoms with Gasteiger partial charge >= 0.3 is 0 Å². The maximum absolute atomic E-state index is 11.6. The van der Waals surface area contributed by atoms with E-state index < -0.39 is 5.60 Å². The summed E-state index contributed by atoms with van der Waals surface area (Å²) >= 11 is 2.15. The summed E-state index contributed by atoms with van der Waals surface area (Å²) in [5, 5.41) is 12.1. The highest BCUT2D eigenvalue weighted by molar-refractivity contribution is 14.1. The van der Waals surface area contributed by atoms with E-state index >= 15 is 0 Å². The Bertz CT molecular complexity index is 358. The molecule has 82 valence electrons. The SMILES string of the molecule is CC(C)(O)CNC(=O)c1cccc(I)c1. The van der Waals surface area contributed by atoms with Gasteiger partial charge in [-0.2, -0.15) is 0 Å². The van der Waals surface area contributed by atoms with Gasteiger partial charge in [0.25, 0.3) is 5.91 Å². The summed E-state index contributed by atoms with van der Waals surface area (Å²) in [7, 11) is 0. The number of rotatable bonds is 3. The van der Waals surface area contributed by atoms with Crippen LogP contribution in [0.2, 0.25) is 0 Å². The van der Waals surface area contributed by atoms with E-state index in [1.807, 2.05) is 12.1 Å². The van der Waals surface area contributed by atoms with Crippen LogP contribution in [0.25, 0.3) is 0 Å². The molecule has 1 aromatic carbocycles. The van der Waals surface area contributed by atoms with E-state index in [0.29, 0.717) is 5.56 Å². The van der Waals surface area contributed by atoms with Crippen LogP contribution < -0.4 is 5.32 Å². The fourth-order valence-electron chi connectivity index (χ4n) is 1.03. The van der Waals surface area contributed by atoms with Crippen LogP contribution in [0, 0.1) is 3.57 Å². The Morgan fingerprint density at radius 2 is 2.20 bits per heavy atom. The molecule has 0 aromatic heterocycles. The highest BCUT2D eigenvalue weighted by atomic mass is 127. The quantitative estimate of drug-likeness (QED) is 0.835. The van der Waals surface area contributed by atoms with Gasteiger partial charge in [0.1, 0.15) is 0 Å². The molecule has 0 fully saturated rings. The average molecular weight is 319 g/mol. The molecule has 0 aliphatic carbocycles. The Labute approximate surface area is 103 Å². The first-order valence-electron chi connectivity index (χ1n) is 4.65. The Balaban J connectivity index is 2.62. The van der Waals surface area contributed by atoms with Crippen molar-refractivity contribution in [2.24, 2.45) is 0 Å². The van der Waals surface area contributed by atoms with Gasteiger partial charge in [0, 0.05) is 15.7 Å². The number of amides is 1. The van der Waals surface area contributed by atoms with E-state index in [1.54, 1.807) is 26.0 Å². The molecule has 1 rings (SSSR count). The average Bonchev–Trinajstić information content (AvgIpc) is 2.13. The summed E-state index contributed by atoms with van der Waals surface area (Å²) in [6.45, 7) is 3.56. The second-order valence-corrected chi connectivity index (χ2v) is 5.25. The van der Waals surface area contributed by atoms with Crippen LogP contribution in [0.1, 0.15) is 24.2 Å². The summed E-state index contributed by atoms with van der Waals surface area (Å²) in [5.74, 6) is -0.157. The minimum absolute atomic E-state index is 0.157. The van der Waals surface area contributed by atoms with Gasteiger partial charge in [-0.05, 0) is 54.6 Å². The number of hydrogen-bond acceptors (Lipinski definition) is 2. The number of carbonyl (C=O) groups is 1. The summed E-state index contributed by atoms with van der Waals surface area (Å²) in [6.07, 6.45) is 0. The molecule has 1 aromatic rings. The van der Waals surface area contributed by atoms with Crippen LogP contribution >= 0.6 is 22.6 Å². The van der Waals surface area contributed by atoms with Crippen molar-refractivity contribution in [1.29, 1.82) is 0 Å². The second kappa shape index (κ2) is 4.94. The third kappa shape index (κ3) is 4.61. The molecule has 0 atom stereocenters. The van der Waals surface area contributed by atoms with E-state index in [0.717, 1.165) is 3.57 Å². The Morgan fingerprint density at radius 1 is 1.53 bits per heavy atom. The molecular weight excluding hydrogens is 305 g/mol. The zero-order valence-corrected chi connectivity index (χ0v) is 10.9. The summed E-state index contributed by atoms with van der Waals surface area (Å²) < 4.78 is 1.02. The van der Waals surface area contributed by atoms with Crippen LogP contribution in [-0.2, 0) is 0 Å². The fourth-order valence-corrected chi connectivity index (χ4v) is 1.57. The molecule has 0 unspecified atom stereocenters. The lowest BCUT2D eigenvalue weighted by atomic mass is 10.1. The molecule has 0 bridgehead atoms. The fraction of sp³-hybridized carbons (Fsp3) is 0.364. The van der Waals surface area contributed by atoms with Gasteiger partial charge in [0.05, 0.1) is 5.60 Å². The number of carbonyl (C=O) groups excluding carboxylic acids is 1. The topological polar surface area (TPSA) is 49.3 Å². The molecule has 0 aliphatic rings.